The van der Waals surface area contributed by atoms with Gasteiger partial charge in [0.25, 0.3) is 0 Å². The summed E-state index contributed by atoms with van der Waals surface area (Å²) in [5.41, 5.74) is 0.950. The van der Waals surface area contributed by atoms with Gasteiger partial charge in [0.1, 0.15) is 5.03 Å². The Morgan fingerprint density at radius 3 is 2.76 bits per heavy atom. The Labute approximate surface area is 114 Å². The van der Waals surface area contributed by atoms with E-state index in [1.165, 1.54) is 6.07 Å². The minimum Gasteiger partial charge on any atom is -0.313 e. The van der Waals surface area contributed by atoms with Crippen LogP contribution < -0.4 is 5.32 Å². The van der Waals surface area contributed by atoms with Crippen molar-refractivity contribution < 1.29 is 8.78 Å². The number of pyridine rings is 1. The number of aromatic nitrogens is 1. The standard InChI is InChI=1S/C10H13ClF2N2S2/c11-10(12,13)17-9-3-2-8(7-15-9)6-14-4-1-5-16/h2-3,7,14,16H,1,4-6H2. The van der Waals surface area contributed by atoms with Crippen LogP contribution >= 0.6 is 36.0 Å². The Balaban J connectivity index is 2.39. The fourth-order valence-electron chi connectivity index (χ4n) is 1.13. The number of alkyl halides is 3. The molecular formula is C10H13ClF2N2S2. The van der Waals surface area contributed by atoms with E-state index in [1.807, 2.05) is 0 Å². The fraction of sp³-hybridized carbons (Fsp3) is 0.500. The van der Waals surface area contributed by atoms with Crippen molar-refractivity contribution in [3.05, 3.63) is 23.9 Å². The average Bonchev–Trinajstić information content (AvgIpc) is 2.25. The molecule has 1 heterocycles. The first-order chi connectivity index (χ1) is 8.01. The van der Waals surface area contributed by atoms with Crippen LogP contribution in [0.15, 0.2) is 23.4 Å². The molecule has 0 aliphatic rings. The van der Waals surface area contributed by atoms with Crippen molar-refractivity contribution in [2.75, 3.05) is 12.3 Å². The van der Waals surface area contributed by atoms with E-state index in [4.69, 9.17) is 11.6 Å². The first-order valence-corrected chi connectivity index (χ1v) is 6.86. The Bertz CT molecular complexity index is 330. The van der Waals surface area contributed by atoms with Crippen molar-refractivity contribution in [1.29, 1.82) is 0 Å². The maximum atomic E-state index is 12.5. The highest BCUT2D eigenvalue weighted by Gasteiger charge is 2.26. The molecule has 0 aliphatic carbocycles. The highest BCUT2D eigenvalue weighted by molar-refractivity contribution is 8.01. The predicted octanol–water partition coefficient (Wildman–Crippen LogP) is 3.37. The summed E-state index contributed by atoms with van der Waals surface area (Å²) in [6.45, 7) is 1.54. The molecule has 0 spiro atoms. The maximum Gasteiger partial charge on any atom is 0.377 e. The number of rotatable bonds is 7. The van der Waals surface area contributed by atoms with Crippen LogP contribution in [0.25, 0.3) is 0 Å². The second-order valence-electron chi connectivity index (χ2n) is 3.31. The third kappa shape index (κ3) is 7.08. The van der Waals surface area contributed by atoms with E-state index in [2.05, 4.69) is 22.9 Å². The molecular weight excluding hydrogens is 286 g/mol. The highest BCUT2D eigenvalue weighted by atomic mass is 35.5. The molecule has 2 nitrogen and oxygen atoms in total. The lowest BCUT2D eigenvalue weighted by atomic mass is 10.3. The zero-order chi connectivity index (χ0) is 12.7. The fourth-order valence-corrected chi connectivity index (χ4v) is 2.01. The number of hydrogen-bond donors (Lipinski definition) is 2. The average molecular weight is 299 g/mol. The Morgan fingerprint density at radius 2 is 2.24 bits per heavy atom. The molecule has 0 aliphatic heterocycles. The van der Waals surface area contributed by atoms with E-state index < -0.39 is 4.71 Å². The van der Waals surface area contributed by atoms with Gasteiger partial charge in [-0.05, 0) is 53.7 Å². The molecule has 0 saturated heterocycles. The van der Waals surface area contributed by atoms with Gasteiger partial charge >= 0.3 is 4.71 Å². The number of halogens is 3. The van der Waals surface area contributed by atoms with Gasteiger partial charge in [-0.1, -0.05) is 6.07 Å². The Kier molecular flexibility index (Phi) is 6.54. The predicted molar refractivity (Wildman–Crippen MR) is 71.1 cm³/mol. The normalized spacial score (nSPS) is 11.8. The highest BCUT2D eigenvalue weighted by Crippen LogP contribution is 2.37. The molecule has 0 aromatic carbocycles. The summed E-state index contributed by atoms with van der Waals surface area (Å²) < 4.78 is 21.6. The minimum absolute atomic E-state index is 0.212. The summed E-state index contributed by atoms with van der Waals surface area (Å²) in [5.74, 6) is 0.839. The van der Waals surface area contributed by atoms with Gasteiger partial charge in [-0.25, -0.2) is 4.98 Å². The lowest BCUT2D eigenvalue weighted by molar-refractivity contribution is 0.203. The summed E-state index contributed by atoms with van der Waals surface area (Å²) in [6, 6.07) is 3.29. The van der Waals surface area contributed by atoms with Crippen LogP contribution in [0, 0.1) is 0 Å². The molecule has 0 saturated carbocycles. The largest absolute Gasteiger partial charge is 0.377 e. The van der Waals surface area contributed by atoms with E-state index in [0.717, 1.165) is 24.3 Å². The maximum absolute atomic E-state index is 12.5. The van der Waals surface area contributed by atoms with E-state index in [9.17, 15) is 8.78 Å². The van der Waals surface area contributed by atoms with Gasteiger partial charge in [-0.3, -0.25) is 0 Å². The zero-order valence-corrected chi connectivity index (χ0v) is 11.5. The topological polar surface area (TPSA) is 24.9 Å². The number of hydrogen-bond acceptors (Lipinski definition) is 4. The molecule has 1 N–H and O–H groups in total. The van der Waals surface area contributed by atoms with Crippen molar-refractivity contribution in [3.8, 4) is 0 Å². The van der Waals surface area contributed by atoms with E-state index in [1.54, 1.807) is 12.3 Å². The monoisotopic (exact) mass is 298 g/mol. The molecule has 0 bridgehead atoms. The van der Waals surface area contributed by atoms with Crippen molar-refractivity contribution >= 4 is 36.0 Å². The van der Waals surface area contributed by atoms with Crippen molar-refractivity contribution in [1.82, 2.24) is 10.3 Å². The van der Waals surface area contributed by atoms with Gasteiger partial charge in [0, 0.05) is 12.7 Å². The molecule has 1 aromatic rings. The van der Waals surface area contributed by atoms with Gasteiger partial charge in [0.15, 0.2) is 0 Å². The number of thioether (sulfide) groups is 1. The van der Waals surface area contributed by atoms with Crippen molar-refractivity contribution in [2.24, 2.45) is 0 Å². The molecule has 0 fully saturated rings. The molecule has 0 radical (unpaired) electrons. The van der Waals surface area contributed by atoms with E-state index in [-0.39, 0.29) is 16.8 Å². The molecule has 96 valence electrons. The SMILES string of the molecule is FC(F)(Cl)Sc1ccc(CNCCCS)cn1. The molecule has 1 rings (SSSR count). The quantitative estimate of drug-likeness (QED) is 0.349. The number of thiol groups is 1. The summed E-state index contributed by atoms with van der Waals surface area (Å²) in [6.07, 6.45) is 2.56. The van der Waals surface area contributed by atoms with E-state index in [0.29, 0.717) is 6.54 Å². The number of nitrogens with one attached hydrogen (secondary N) is 1. The summed E-state index contributed by atoms with van der Waals surface area (Å²) >= 11 is 9.12. The molecule has 0 unspecified atom stereocenters. The van der Waals surface area contributed by atoms with Gasteiger partial charge in [0.05, 0.1) is 0 Å². The van der Waals surface area contributed by atoms with Crippen molar-refractivity contribution in [2.45, 2.75) is 22.7 Å². The van der Waals surface area contributed by atoms with Gasteiger partial charge in [0.2, 0.25) is 0 Å². The van der Waals surface area contributed by atoms with Crippen LogP contribution in [0.2, 0.25) is 0 Å². The Morgan fingerprint density at radius 1 is 1.47 bits per heavy atom. The first-order valence-electron chi connectivity index (χ1n) is 5.03. The third-order valence-electron chi connectivity index (χ3n) is 1.86. The van der Waals surface area contributed by atoms with Crippen LogP contribution in [0.5, 0.6) is 0 Å². The lowest BCUT2D eigenvalue weighted by Gasteiger charge is -2.07. The van der Waals surface area contributed by atoms with Gasteiger partial charge in [-0.15, -0.1) is 0 Å². The zero-order valence-electron chi connectivity index (χ0n) is 9.00. The van der Waals surface area contributed by atoms with Crippen LogP contribution in [-0.4, -0.2) is 22.0 Å². The number of nitrogens with zero attached hydrogens (tertiary/aromatic N) is 1. The smallest absolute Gasteiger partial charge is 0.313 e. The van der Waals surface area contributed by atoms with Crippen LogP contribution in [0.3, 0.4) is 0 Å². The van der Waals surface area contributed by atoms with Gasteiger partial charge < -0.3 is 5.32 Å². The minimum atomic E-state index is -3.31. The van der Waals surface area contributed by atoms with Crippen LogP contribution in [0.1, 0.15) is 12.0 Å². The first kappa shape index (κ1) is 15.0. The summed E-state index contributed by atoms with van der Waals surface area (Å²) in [4.78, 5) is 3.91. The van der Waals surface area contributed by atoms with Crippen molar-refractivity contribution in [3.63, 3.8) is 0 Å². The Hall–Kier alpha value is -0.0400. The molecule has 17 heavy (non-hydrogen) atoms. The summed E-state index contributed by atoms with van der Waals surface area (Å²) in [7, 11) is 0. The lowest BCUT2D eigenvalue weighted by Crippen LogP contribution is -2.15. The summed E-state index contributed by atoms with van der Waals surface area (Å²) in [5, 5.41) is 3.41. The van der Waals surface area contributed by atoms with E-state index >= 15 is 0 Å². The van der Waals surface area contributed by atoms with Crippen LogP contribution in [-0.2, 0) is 6.54 Å². The molecule has 1 aromatic heterocycles. The third-order valence-corrected chi connectivity index (χ3v) is 3.09. The molecule has 0 amide bonds. The van der Waals surface area contributed by atoms with Gasteiger partial charge in [-0.2, -0.15) is 21.4 Å². The molecule has 7 heteroatoms. The second kappa shape index (κ2) is 7.41. The van der Waals surface area contributed by atoms with Crippen LogP contribution in [0.4, 0.5) is 8.78 Å². The molecule has 0 atom stereocenters. The second-order valence-corrected chi connectivity index (χ2v) is 5.59.